The fourth-order valence-corrected chi connectivity index (χ4v) is 1.90. The van der Waals surface area contributed by atoms with Crippen LogP contribution in [-0.4, -0.2) is 61.2 Å². The van der Waals surface area contributed by atoms with E-state index >= 15 is 0 Å². The minimum atomic E-state index is -1.46. The first-order chi connectivity index (χ1) is 7.58. The molecule has 0 bridgehead atoms. The lowest BCUT2D eigenvalue weighted by Crippen LogP contribution is -2.45. The summed E-state index contributed by atoms with van der Waals surface area (Å²) in [6.07, 6.45) is 1.40. The van der Waals surface area contributed by atoms with Crippen molar-refractivity contribution in [2.24, 2.45) is 0 Å². The van der Waals surface area contributed by atoms with Gasteiger partial charge in [0.1, 0.15) is 0 Å². The molecule has 1 atom stereocenters. The number of Topliss-reactive ketones (excluding diaryl/α,β-unsaturated/α-hetero) is 1. The molecule has 0 aliphatic carbocycles. The molecule has 0 aromatic rings. The molecule has 16 heavy (non-hydrogen) atoms. The Kier molecular flexibility index (Phi) is 2.83. The third-order valence-corrected chi connectivity index (χ3v) is 2.63. The maximum absolute atomic E-state index is 11.7. The lowest BCUT2D eigenvalue weighted by atomic mass is 9.90. The quantitative estimate of drug-likeness (QED) is 0.450. The van der Waals surface area contributed by atoms with E-state index < -0.39 is 18.7 Å². The molecule has 1 N–H and O–H groups in total. The van der Waals surface area contributed by atoms with E-state index in [1.165, 1.54) is 12.1 Å². The topological polar surface area (TPSA) is 76.1 Å². The molecule has 2 aliphatic heterocycles. The van der Waals surface area contributed by atoms with Crippen molar-refractivity contribution in [2.75, 3.05) is 26.7 Å². The van der Waals surface area contributed by atoms with Gasteiger partial charge in [0.05, 0.1) is 13.2 Å². The average Bonchev–Trinajstić information content (AvgIpc) is 2.67. The predicted molar refractivity (Wildman–Crippen MR) is 54.4 cm³/mol. The molecule has 0 aromatic heterocycles. The van der Waals surface area contributed by atoms with Crippen LogP contribution in [0, 0.1) is 0 Å². The first-order valence-electron chi connectivity index (χ1n) is 4.97. The fourth-order valence-electron chi connectivity index (χ4n) is 1.90. The molecule has 86 valence electrons. The van der Waals surface area contributed by atoms with Gasteiger partial charge in [0, 0.05) is 6.54 Å². The van der Waals surface area contributed by atoms with Crippen LogP contribution in [0.25, 0.3) is 0 Å². The van der Waals surface area contributed by atoms with Crippen LogP contribution in [0.4, 0.5) is 0 Å². The molecule has 7 heteroatoms. The first-order valence-corrected chi connectivity index (χ1v) is 4.97. The number of ketones is 1. The van der Waals surface area contributed by atoms with Gasteiger partial charge in [-0.1, -0.05) is 6.08 Å². The molecule has 0 saturated carbocycles. The number of aliphatic hydroxyl groups is 1. The molecular weight excluding hydrogens is 213 g/mol. The molecule has 2 aliphatic rings. The number of hydrogen-bond donors (Lipinski definition) is 1. The van der Waals surface area contributed by atoms with Crippen LogP contribution in [0.3, 0.4) is 0 Å². The highest BCUT2D eigenvalue weighted by molar-refractivity contribution is 6.56. The Morgan fingerprint density at radius 2 is 2.38 bits per heavy atom. The van der Waals surface area contributed by atoms with Crippen molar-refractivity contribution in [3.05, 3.63) is 12.1 Å². The number of hydrogen-bond acceptors (Lipinski definition) is 6. The predicted octanol–water partition coefficient (Wildman–Crippen LogP) is -1.61. The highest BCUT2D eigenvalue weighted by Crippen LogP contribution is 2.29. The van der Waals surface area contributed by atoms with Crippen LogP contribution < -0.4 is 0 Å². The second-order valence-corrected chi connectivity index (χ2v) is 3.92. The Morgan fingerprint density at radius 3 is 2.94 bits per heavy atom. The standard InChI is InChI=1S/C9H12BNO5/c1-11-5-7(13)9(6-11)8(14)15-10(16-9)3-2-4-12/h2-3,12H,4-6H2,1H3/b3-2+. The number of carbonyl (C=O) groups excluding carboxylic acids is 2. The van der Waals surface area contributed by atoms with Gasteiger partial charge in [-0.15, -0.1) is 0 Å². The molecule has 0 amide bonds. The summed E-state index contributed by atoms with van der Waals surface area (Å²) in [7, 11) is 0.857. The van der Waals surface area contributed by atoms with Crippen molar-refractivity contribution in [3.63, 3.8) is 0 Å². The van der Waals surface area contributed by atoms with E-state index in [4.69, 9.17) is 14.4 Å². The van der Waals surface area contributed by atoms with E-state index in [1.54, 1.807) is 11.9 Å². The third kappa shape index (κ3) is 1.66. The van der Waals surface area contributed by atoms with E-state index in [0.29, 0.717) is 0 Å². The van der Waals surface area contributed by atoms with E-state index in [1.807, 2.05) is 0 Å². The van der Waals surface area contributed by atoms with Gasteiger partial charge in [0.2, 0.25) is 5.60 Å². The molecule has 0 radical (unpaired) electrons. The Balaban J connectivity index is 2.15. The average molecular weight is 225 g/mol. The van der Waals surface area contributed by atoms with E-state index in [-0.39, 0.29) is 25.5 Å². The molecule has 2 saturated heterocycles. The summed E-state index contributed by atoms with van der Waals surface area (Å²) in [5, 5.41) is 8.59. The van der Waals surface area contributed by atoms with Crippen LogP contribution in [-0.2, 0) is 18.9 Å². The van der Waals surface area contributed by atoms with Gasteiger partial charge in [0.25, 0.3) is 0 Å². The van der Waals surface area contributed by atoms with Gasteiger partial charge < -0.3 is 14.4 Å². The van der Waals surface area contributed by atoms with Gasteiger partial charge in [-0.3, -0.25) is 14.5 Å². The largest absolute Gasteiger partial charge is 0.557 e. The number of carbonyl (C=O) groups is 2. The lowest BCUT2D eigenvalue weighted by molar-refractivity contribution is -0.148. The van der Waals surface area contributed by atoms with E-state index in [2.05, 4.69) is 0 Å². The van der Waals surface area contributed by atoms with Crippen molar-refractivity contribution in [1.29, 1.82) is 0 Å². The van der Waals surface area contributed by atoms with Gasteiger partial charge in [0.15, 0.2) is 5.78 Å². The second-order valence-electron chi connectivity index (χ2n) is 3.92. The van der Waals surface area contributed by atoms with Gasteiger partial charge in [-0.05, 0) is 13.0 Å². The Hall–Kier alpha value is -1.18. The normalized spacial score (nSPS) is 31.0. The fraction of sp³-hybridized carbons (Fsp3) is 0.556. The molecule has 1 spiro atoms. The van der Waals surface area contributed by atoms with Crippen LogP contribution in [0.2, 0.25) is 0 Å². The lowest BCUT2D eigenvalue weighted by Gasteiger charge is -2.15. The van der Waals surface area contributed by atoms with Crippen LogP contribution in [0.1, 0.15) is 0 Å². The third-order valence-electron chi connectivity index (χ3n) is 2.63. The summed E-state index contributed by atoms with van der Waals surface area (Å²) < 4.78 is 10.3. The zero-order valence-corrected chi connectivity index (χ0v) is 8.88. The van der Waals surface area contributed by atoms with Crippen LogP contribution in [0.5, 0.6) is 0 Å². The minimum absolute atomic E-state index is 0.168. The molecule has 2 fully saturated rings. The second kappa shape index (κ2) is 4.01. The molecule has 2 rings (SSSR count). The first kappa shape index (κ1) is 11.3. The maximum Gasteiger partial charge on any atom is 0.557 e. The Bertz CT molecular complexity index is 358. The zero-order chi connectivity index (χ0) is 11.8. The monoisotopic (exact) mass is 225 g/mol. The number of likely N-dealkylation sites (N-methyl/N-ethyl adjacent to an activating group) is 1. The van der Waals surface area contributed by atoms with Gasteiger partial charge in [-0.25, -0.2) is 0 Å². The summed E-state index contributed by atoms with van der Waals surface area (Å²) in [6, 6.07) is 0. The molecule has 1 unspecified atom stereocenters. The number of likely N-dealkylation sites (tertiary alicyclic amines) is 1. The molecule has 0 aromatic carbocycles. The molecule has 6 nitrogen and oxygen atoms in total. The molecule has 2 heterocycles. The minimum Gasteiger partial charge on any atom is -0.504 e. The number of aliphatic hydroxyl groups excluding tert-OH is 1. The summed E-state index contributed by atoms with van der Waals surface area (Å²) in [4.78, 5) is 25.0. The zero-order valence-electron chi connectivity index (χ0n) is 8.88. The van der Waals surface area contributed by atoms with Crippen molar-refractivity contribution in [1.82, 2.24) is 4.90 Å². The van der Waals surface area contributed by atoms with Crippen molar-refractivity contribution >= 4 is 18.9 Å². The Labute approximate surface area is 93.0 Å². The Morgan fingerprint density at radius 1 is 1.62 bits per heavy atom. The number of nitrogens with zero attached hydrogens (tertiary/aromatic N) is 1. The summed E-state index contributed by atoms with van der Waals surface area (Å²) >= 11 is 0. The van der Waals surface area contributed by atoms with Crippen LogP contribution in [0.15, 0.2) is 12.1 Å². The highest BCUT2D eigenvalue weighted by Gasteiger charge is 2.60. The summed E-state index contributed by atoms with van der Waals surface area (Å²) in [5.74, 6) is 0.493. The summed E-state index contributed by atoms with van der Waals surface area (Å²) in [5.41, 5.74) is -1.46. The highest BCUT2D eigenvalue weighted by atomic mass is 16.7. The van der Waals surface area contributed by atoms with Crippen molar-refractivity contribution in [2.45, 2.75) is 5.60 Å². The summed E-state index contributed by atoms with van der Waals surface area (Å²) in [6.45, 7) is 0.234. The van der Waals surface area contributed by atoms with Crippen molar-refractivity contribution in [3.8, 4) is 0 Å². The van der Waals surface area contributed by atoms with Gasteiger partial charge in [-0.2, -0.15) is 0 Å². The smallest absolute Gasteiger partial charge is 0.504 e. The number of rotatable bonds is 2. The van der Waals surface area contributed by atoms with E-state index in [9.17, 15) is 9.59 Å². The van der Waals surface area contributed by atoms with Crippen LogP contribution >= 0.6 is 0 Å². The SMILES string of the molecule is CN1CC(=O)C2(C1)OB(/C=C/CO)OC2=O. The van der Waals surface area contributed by atoms with E-state index in [0.717, 1.165) is 0 Å². The molecular formula is C9H12BNO5. The van der Waals surface area contributed by atoms with Gasteiger partial charge >= 0.3 is 13.1 Å². The van der Waals surface area contributed by atoms with Crippen molar-refractivity contribution < 1.29 is 24.0 Å². The maximum atomic E-state index is 11.7.